The summed E-state index contributed by atoms with van der Waals surface area (Å²) in [5.74, 6) is -3.73. The van der Waals surface area contributed by atoms with Crippen LogP contribution in [0.5, 0.6) is 5.75 Å². The number of benzene rings is 2. The topological polar surface area (TPSA) is 206 Å². The number of carbonyl (C=O) groups excluding carboxylic acids is 6. The number of aromatic nitrogens is 2. The number of piperidine rings is 1. The van der Waals surface area contributed by atoms with E-state index in [1.165, 1.54) is 40.5 Å². The van der Waals surface area contributed by atoms with E-state index in [1.54, 1.807) is 9.80 Å². The average Bonchev–Trinajstić information content (AvgIpc) is 3.78. The third-order valence-electron chi connectivity index (χ3n) is 10.8. The minimum Gasteiger partial charge on any atom is -0.507 e. The highest BCUT2D eigenvalue weighted by Crippen LogP contribution is 2.42. The van der Waals surface area contributed by atoms with E-state index < -0.39 is 40.9 Å². The highest BCUT2D eigenvalue weighted by atomic mass is 35.5. The molecule has 2 atom stereocenters. The maximum Gasteiger partial charge on any atom is 0.315 e. The summed E-state index contributed by atoms with van der Waals surface area (Å²) in [5, 5.41) is 21.2. The van der Waals surface area contributed by atoms with Crippen molar-refractivity contribution >= 4 is 75.2 Å². The van der Waals surface area contributed by atoms with E-state index >= 15 is 4.39 Å². The van der Waals surface area contributed by atoms with Gasteiger partial charge in [0.2, 0.25) is 23.6 Å². The predicted octanol–water partition coefficient (Wildman–Crippen LogP) is 4.14. The highest BCUT2D eigenvalue weighted by molar-refractivity contribution is 7.14. The third kappa shape index (κ3) is 9.26. The van der Waals surface area contributed by atoms with Gasteiger partial charge in [-0.3, -0.25) is 29.3 Å². The molecule has 0 spiro atoms. The van der Waals surface area contributed by atoms with Crippen molar-refractivity contribution in [3.8, 4) is 16.9 Å². The van der Waals surface area contributed by atoms with Crippen LogP contribution in [0, 0.1) is 11.6 Å². The fourth-order valence-corrected chi connectivity index (χ4v) is 9.19. The van der Waals surface area contributed by atoms with Gasteiger partial charge in [0.1, 0.15) is 35.3 Å². The van der Waals surface area contributed by atoms with Crippen molar-refractivity contribution in [1.82, 2.24) is 41.0 Å². The molecule has 3 aliphatic heterocycles. The first-order chi connectivity index (χ1) is 29.3. The van der Waals surface area contributed by atoms with Crippen molar-refractivity contribution in [2.75, 3.05) is 37.6 Å². The fourth-order valence-electron chi connectivity index (χ4n) is 7.83. The number of phenols is 1. The largest absolute Gasteiger partial charge is 0.507 e. The average molecular weight is 878 g/mol. The Morgan fingerprint density at radius 2 is 1.80 bits per heavy atom. The molecule has 2 unspecified atom stereocenters. The molecule has 0 radical (unpaired) electrons. The maximum absolute atomic E-state index is 16.1. The monoisotopic (exact) mass is 877 g/mol. The summed E-state index contributed by atoms with van der Waals surface area (Å²) in [4.78, 5) is 89.7. The van der Waals surface area contributed by atoms with E-state index in [-0.39, 0.29) is 109 Å². The number of urea groups is 1. The number of imide groups is 1. The fraction of sp³-hybridized carbons (Fsp3) is 0.366. The van der Waals surface area contributed by atoms with E-state index in [2.05, 4.69) is 37.8 Å². The molecule has 0 bridgehead atoms. The number of nitrogens with zero attached hydrogens (tertiary/aromatic N) is 5. The van der Waals surface area contributed by atoms with Crippen molar-refractivity contribution in [3.05, 3.63) is 81.3 Å². The summed E-state index contributed by atoms with van der Waals surface area (Å²) in [6.45, 7) is 5.47. The Bertz CT molecular complexity index is 2410. The van der Waals surface area contributed by atoms with Gasteiger partial charge in [0.05, 0.1) is 28.0 Å². The first kappa shape index (κ1) is 42.9. The minimum absolute atomic E-state index is 0.0367. The zero-order valence-corrected chi connectivity index (χ0v) is 34.3. The number of hydrogen-bond acceptors (Lipinski definition) is 11. The number of unbranched alkanes of at least 4 members (excludes halogenated alkanes) is 2. The normalized spacial score (nSPS) is 17.6. The van der Waals surface area contributed by atoms with Crippen LogP contribution in [0.2, 0.25) is 5.02 Å². The van der Waals surface area contributed by atoms with Crippen LogP contribution in [0.1, 0.15) is 58.6 Å². The number of anilines is 1. The molecule has 2 fully saturated rings. The predicted molar refractivity (Wildman–Crippen MR) is 222 cm³/mol. The Balaban J connectivity index is 0.877. The number of carbonyl (C=O) groups is 6. The second-order valence-corrected chi connectivity index (χ2v) is 16.3. The molecule has 7 amide bonds. The summed E-state index contributed by atoms with van der Waals surface area (Å²) in [7, 11) is 0. The Morgan fingerprint density at radius 1 is 1.02 bits per heavy atom. The van der Waals surface area contributed by atoms with Crippen LogP contribution in [-0.2, 0) is 32.3 Å². The lowest BCUT2D eigenvalue weighted by Gasteiger charge is -2.42. The van der Waals surface area contributed by atoms with Crippen LogP contribution in [0.15, 0.2) is 49.3 Å². The molecular weight excluding hydrogens is 836 g/mol. The van der Waals surface area contributed by atoms with Crippen LogP contribution < -0.4 is 26.2 Å². The van der Waals surface area contributed by atoms with E-state index in [9.17, 15) is 38.3 Å². The van der Waals surface area contributed by atoms with Crippen LogP contribution >= 0.6 is 22.9 Å². The van der Waals surface area contributed by atoms with Gasteiger partial charge in [-0.15, -0.1) is 11.3 Å². The molecule has 2 saturated heterocycles. The summed E-state index contributed by atoms with van der Waals surface area (Å²) in [6, 6.07) is 5.18. The van der Waals surface area contributed by atoms with Gasteiger partial charge in [-0.25, -0.2) is 23.5 Å². The van der Waals surface area contributed by atoms with Crippen LogP contribution in [0.3, 0.4) is 0 Å². The van der Waals surface area contributed by atoms with Crippen molar-refractivity contribution in [2.24, 2.45) is 0 Å². The Labute approximate surface area is 357 Å². The van der Waals surface area contributed by atoms with E-state index in [4.69, 9.17) is 11.6 Å². The van der Waals surface area contributed by atoms with Gasteiger partial charge >= 0.3 is 6.03 Å². The Morgan fingerprint density at radius 3 is 2.54 bits per heavy atom. The second-order valence-electron chi connectivity index (χ2n) is 14.8. The highest BCUT2D eigenvalue weighted by Gasteiger charge is 2.40. The number of rotatable bonds is 14. The molecule has 5 heterocycles. The van der Waals surface area contributed by atoms with Crippen LogP contribution in [0.25, 0.3) is 22.0 Å². The standard InChI is InChI=1S/C41H42ClF2N9O7S/c1-2-32(57)51-13-14-52(38-25-17-26(42)33(35(44)36(25)48-21-49-38)34-27(43)7-6-8-29(34)54)23(20-51)16-31(56)45-11-4-3-5-12-46-41(60)47-18-24-15-22-19-53(40(59)37(22)61-24)28-9-10-30(55)50-39(28)58/h2,6-8,15,17,21,23,28,54H,1,3-5,9-14,16,18-20H2,(H,45,56)(H2,46,47,60)(H,50,55,58). The molecule has 5 N–H and O–H groups in total. The van der Waals surface area contributed by atoms with Crippen molar-refractivity contribution in [2.45, 2.75) is 63.7 Å². The number of piperazine rings is 1. The van der Waals surface area contributed by atoms with Crippen molar-refractivity contribution < 1.29 is 42.7 Å². The molecule has 4 aromatic rings. The number of amides is 7. The van der Waals surface area contributed by atoms with E-state index in [0.717, 1.165) is 22.8 Å². The van der Waals surface area contributed by atoms with Gasteiger partial charge in [-0.05, 0) is 61.6 Å². The summed E-state index contributed by atoms with van der Waals surface area (Å²) >= 11 is 7.80. The maximum atomic E-state index is 16.1. The van der Waals surface area contributed by atoms with E-state index in [1.807, 2.05) is 6.07 Å². The number of aromatic hydroxyl groups is 1. The summed E-state index contributed by atoms with van der Waals surface area (Å²) in [5.41, 5.74) is -0.146. The Kier molecular flexibility index (Phi) is 13.1. The molecule has 0 saturated carbocycles. The molecule has 61 heavy (non-hydrogen) atoms. The number of phenolic OH excluding ortho intramolecular Hbond substituents is 1. The third-order valence-corrected chi connectivity index (χ3v) is 12.3. The van der Waals surface area contributed by atoms with E-state index in [0.29, 0.717) is 37.2 Å². The molecule has 7 rings (SSSR count). The second kappa shape index (κ2) is 18.6. The van der Waals surface area contributed by atoms with Gasteiger partial charge in [0, 0.05) is 67.9 Å². The minimum atomic E-state index is -0.958. The van der Waals surface area contributed by atoms with Gasteiger partial charge in [0.15, 0.2) is 5.82 Å². The molecule has 320 valence electrons. The summed E-state index contributed by atoms with van der Waals surface area (Å²) < 4.78 is 30.9. The smallest absolute Gasteiger partial charge is 0.315 e. The molecule has 20 heteroatoms. The van der Waals surface area contributed by atoms with Gasteiger partial charge in [0.25, 0.3) is 5.91 Å². The number of hydrogen-bond donors (Lipinski definition) is 5. The van der Waals surface area contributed by atoms with Crippen LogP contribution in [-0.4, -0.2) is 105 Å². The quantitative estimate of drug-likeness (QED) is 0.0696. The zero-order valence-electron chi connectivity index (χ0n) is 32.8. The first-order valence-corrected chi connectivity index (χ1v) is 20.9. The zero-order chi connectivity index (χ0) is 43.4. The molecule has 2 aromatic heterocycles. The van der Waals surface area contributed by atoms with Gasteiger partial charge in [-0.2, -0.15) is 0 Å². The Hall–Kier alpha value is -6.21. The van der Waals surface area contributed by atoms with Gasteiger partial charge < -0.3 is 35.8 Å². The number of nitrogens with one attached hydrogen (secondary N) is 4. The van der Waals surface area contributed by atoms with Crippen molar-refractivity contribution in [1.29, 1.82) is 0 Å². The molecular formula is C41H42ClF2N9O7S. The molecule has 0 aliphatic carbocycles. The molecule has 2 aromatic carbocycles. The number of thiophene rings is 1. The van der Waals surface area contributed by atoms with Gasteiger partial charge in [-0.1, -0.05) is 24.2 Å². The van der Waals surface area contributed by atoms with Crippen molar-refractivity contribution in [3.63, 3.8) is 0 Å². The molecule has 3 aliphatic rings. The first-order valence-electron chi connectivity index (χ1n) is 19.7. The number of fused-ring (bicyclic) bond motifs is 2. The molecule has 16 nitrogen and oxygen atoms in total. The SMILES string of the molecule is C=CC(=O)N1CCN(c2ncnc3c(F)c(-c4c(O)cccc4F)c(Cl)cc23)C(CC(=O)NCCCCCNC(=O)NCc2cc3c(s2)C(=O)N(C2CCC(=O)NC2=O)C3)C1. The lowest BCUT2D eigenvalue weighted by molar-refractivity contribution is -0.137. The lowest BCUT2D eigenvalue weighted by Crippen LogP contribution is -2.56. The summed E-state index contributed by atoms with van der Waals surface area (Å²) in [6.07, 6.45) is 4.75. The van der Waals surface area contributed by atoms with Crippen LogP contribution in [0.4, 0.5) is 19.4 Å². The number of halogens is 3. The lowest BCUT2D eigenvalue weighted by atomic mass is 10.00.